The molecule has 1 aromatic carbocycles. The predicted octanol–water partition coefficient (Wildman–Crippen LogP) is 1.65. The highest BCUT2D eigenvalue weighted by Gasteiger charge is 2.22. The first kappa shape index (κ1) is 11.4. The lowest BCUT2D eigenvalue weighted by Gasteiger charge is -2.24. The highest BCUT2D eigenvalue weighted by Crippen LogP contribution is 2.30. The molecule has 1 aromatic rings. The van der Waals surface area contributed by atoms with E-state index in [0.717, 1.165) is 15.8 Å². The van der Waals surface area contributed by atoms with Gasteiger partial charge < -0.3 is 14.8 Å². The molecule has 1 fully saturated rings. The number of ether oxygens (including phenoxy) is 2. The number of morpholine rings is 1. The molecule has 1 saturated heterocycles. The number of hydrogen-bond acceptors (Lipinski definition) is 3. The third kappa shape index (κ3) is 2.36. The Bertz CT molecular complexity index is 398. The zero-order valence-electron chi connectivity index (χ0n) is 8.83. The minimum absolute atomic E-state index is 0.0738. The minimum atomic E-state index is -0.123. The van der Waals surface area contributed by atoms with Crippen LogP contribution in [0.2, 0.25) is 0 Å². The van der Waals surface area contributed by atoms with Crippen molar-refractivity contribution in [3.63, 3.8) is 0 Å². The maximum absolute atomic E-state index is 11.0. The molecule has 0 aromatic heterocycles. The Kier molecular flexibility index (Phi) is 3.46. The van der Waals surface area contributed by atoms with E-state index in [1.165, 1.54) is 0 Å². The number of methoxy groups -OCH3 is 1. The van der Waals surface area contributed by atoms with Crippen molar-refractivity contribution >= 4 is 21.8 Å². The lowest BCUT2D eigenvalue weighted by atomic mass is 10.1. The molecule has 4 nitrogen and oxygen atoms in total. The van der Waals surface area contributed by atoms with Crippen LogP contribution in [0, 0.1) is 0 Å². The molecule has 0 radical (unpaired) electrons. The first-order valence-electron chi connectivity index (χ1n) is 4.92. The summed E-state index contributed by atoms with van der Waals surface area (Å²) >= 11 is 3.46. The molecule has 16 heavy (non-hydrogen) atoms. The predicted molar refractivity (Wildman–Crippen MR) is 62.4 cm³/mol. The molecule has 0 bridgehead atoms. The van der Waals surface area contributed by atoms with E-state index in [-0.39, 0.29) is 18.6 Å². The van der Waals surface area contributed by atoms with Gasteiger partial charge in [-0.2, -0.15) is 0 Å². The summed E-state index contributed by atoms with van der Waals surface area (Å²) in [6.45, 7) is 0.596. The molecule has 1 aliphatic rings. The average molecular weight is 286 g/mol. The van der Waals surface area contributed by atoms with Crippen LogP contribution in [0.3, 0.4) is 0 Å². The van der Waals surface area contributed by atoms with E-state index in [2.05, 4.69) is 21.2 Å². The number of hydrogen-bond donors (Lipinski definition) is 1. The molecular formula is C11H12BrNO3. The lowest BCUT2D eigenvalue weighted by molar-refractivity contribution is -0.133. The van der Waals surface area contributed by atoms with E-state index in [4.69, 9.17) is 9.47 Å². The van der Waals surface area contributed by atoms with E-state index in [0.29, 0.717) is 6.54 Å². The van der Waals surface area contributed by atoms with Gasteiger partial charge in [0, 0.05) is 16.6 Å². The Balaban J connectivity index is 2.22. The maximum atomic E-state index is 11.0. The standard InChI is InChI=1S/C11H12BrNO3/c1-15-7-2-3-9(12)8(4-7)10-5-13-11(14)6-16-10/h2-4,10H,5-6H2,1H3,(H,13,14)/t10-/m1/s1. The van der Waals surface area contributed by atoms with Crippen LogP contribution in [0.1, 0.15) is 11.7 Å². The summed E-state index contributed by atoms with van der Waals surface area (Å²) in [6, 6.07) is 5.69. The van der Waals surface area contributed by atoms with Crippen LogP contribution in [-0.4, -0.2) is 26.2 Å². The SMILES string of the molecule is COc1ccc(Br)c([C@H]2CNC(=O)CO2)c1. The lowest BCUT2D eigenvalue weighted by Crippen LogP contribution is -2.38. The van der Waals surface area contributed by atoms with Crippen molar-refractivity contribution in [2.45, 2.75) is 6.10 Å². The van der Waals surface area contributed by atoms with Crippen LogP contribution in [-0.2, 0) is 9.53 Å². The van der Waals surface area contributed by atoms with Gasteiger partial charge in [-0.3, -0.25) is 4.79 Å². The Morgan fingerprint density at radius 3 is 3.00 bits per heavy atom. The van der Waals surface area contributed by atoms with Gasteiger partial charge in [-0.1, -0.05) is 15.9 Å². The normalized spacial score (nSPS) is 20.4. The molecule has 1 atom stereocenters. The zero-order valence-corrected chi connectivity index (χ0v) is 10.4. The van der Waals surface area contributed by atoms with Gasteiger partial charge in [-0.15, -0.1) is 0 Å². The fourth-order valence-corrected chi connectivity index (χ4v) is 2.09. The highest BCUT2D eigenvalue weighted by molar-refractivity contribution is 9.10. The minimum Gasteiger partial charge on any atom is -0.497 e. The third-order valence-corrected chi connectivity index (χ3v) is 3.17. The number of carbonyl (C=O) groups excluding carboxylic acids is 1. The molecule has 86 valence electrons. The molecule has 1 amide bonds. The molecule has 0 unspecified atom stereocenters. The average Bonchev–Trinajstić information content (AvgIpc) is 2.31. The Morgan fingerprint density at radius 2 is 2.38 bits per heavy atom. The second-order valence-electron chi connectivity index (χ2n) is 3.49. The zero-order chi connectivity index (χ0) is 11.5. The highest BCUT2D eigenvalue weighted by atomic mass is 79.9. The van der Waals surface area contributed by atoms with Gasteiger partial charge in [0.25, 0.3) is 0 Å². The van der Waals surface area contributed by atoms with Gasteiger partial charge in [0.15, 0.2) is 0 Å². The largest absolute Gasteiger partial charge is 0.497 e. The number of nitrogens with one attached hydrogen (secondary N) is 1. The second-order valence-corrected chi connectivity index (χ2v) is 4.35. The first-order chi connectivity index (χ1) is 7.70. The van der Waals surface area contributed by atoms with Crippen LogP contribution in [0.4, 0.5) is 0 Å². The second kappa shape index (κ2) is 4.84. The Morgan fingerprint density at radius 1 is 1.56 bits per heavy atom. The molecular weight excluding hydrogens is 274 g/mol. The first-order valence-corrected chi connectivity index (χ1v) is 5.71. The number of rotatable bonds is 2. The summed E-state index contributed by atoms with van der Waals surface area (Å²) in [5.41, 5.74) is 0.986. The smallest absolute Gasteiger partial charge is 0.246 e. The van der Waals surface area contributed by atoms with Crippen molar-refractivity contribution in [3.05, 3.63) is 28.2 Å². The van der Waals surface area contributed by atoms with Gasteiger partial charge in [0.1, 0.15) is 18.5 Å². The summed E-state index contributed by atoms with van der Waals surface area (Å²) in [5.74, 6) is 0.703. The molecule has 0 aliphatic carbocycles. The molecule has 1 aliphatic heterocycles. The molecule has 1 heterocycles. The van der Waals surface area contributed by atoms with Gasteiger partial charge in [-0.05, 0) is 18.2 Å². The van der Waals surface area contributed by atoms with Crippen LogP contribution in [0.25, 0.3) is 0 Å². The van der Waals surface area contributed by atoms with Crippen LogP contribution >= 0.6 is 15.9 Å². The van der Waals surface area contributed by atoms with Crippen molar-refractivity contribution in [1.82, 2.24) is 5.32 Å². The Labute approximate surface area is 102 Å². The third-order valence-electron chi connectivity index (χ3n) is 2.45. The van der Waals surface area contributed by atoms with E-state index in [9.17, 15) is 4.79 Å². The van der Waals surface area contributed by atoms with Crippen LogP contribution in [0.15, 0.2) is 22.7 Å². The van der Waals surface area contributed by atoms with Crippen LogP contribution in [0.5, 0.6) is 5.75 Å². The quantitative estimate of drug-likeness (QED) is 0.899. The molecule has 0 saturated carbocycles. The summed E-state index contributed by atoms with van der Waals surface area (Å²) in [4.78, 5) is 11.0. The van der Waals surface area contributed by atoms with Gasteiger partial charge in [-0.25, -0.2) is 0 Å². The maximum Gasteiger partial charge on any atom is 0.246 e. The summed E-state index contributed by atoms with van der Waals surface area (Å²) in [7, 11) is 1.62. The van der Waals surface area contributed by atoms with E-state index in [1.54, 1.807) is 7.11 Å². The number of benzene rings is 1. The van der Waals surface area contributed by atoms with Gasteiger partial charge in [0.2, 0.25) is 5.91 Å². The van der Waals surface area contributed by atoms with Gasteiger partial charge in [0.05, 0.1) is 7.11 Å². The number of amides is 1. The summed E-state index contributed by atoms with van der Waals surface area (Å²) < 4.78 is 11.6. The number of halogens is 1. The fourth-order valence-electron chi connectivity index (χ4n) is 1.59. The monoisotopic (exact) mass is 285 g/mol. The Hall–Kier alpha value is -1.07. The molecule has 1 N–H and O–H groups in total. The van der Waals surface area contributed by atoms with Crippen LogP contribution < -0.4 is 10.1 Å². The van der Waals surface area contributed by atoms with Crippen molar-refractivity contribution in [2.24, 2.45) is 0 Å². The summed E-state index contributed by atoms with van der Waals surface area (Å²) in [6.07, 6.45) is -0.123. The molecule has 5 heteroatoms. The van der Waals surface area contributed by atoms with E-state index < -0.39 is 0 Å². The molecule has 0 spiro atoms. The number of carbonyl (C=O) groups is 1. The van der Waals surface area contributed by atoms with Crippen molar-refractivity contribution in [1.29, 1.82) is 0 Å². The van der Waals surface area contributed by atoms with E-state index >= 15 is 0 Å². The fraction of sp³-hybridized carbons (Fsp3) is 0.364. The van der Waals surface area contributed by atoms with Crippen molar-refractivity contribution < 1.29 is 14.3 Å². The van der Waals surface area contributed by atoms with E-state index in [1.807, 2.05) is 18.2 Å². The summed E-state index contributed by atoms with van der Waals surface area (Å²) in [5, 5.41) is 2.77. The topological polar surface area (TPSA) is 47.6 Å². The van der Waals surface area contributed by atoms with Crippen molar-refractivity contribution in [2.75, 3.05) is 20.3 Å². The van der Waals surface area contributed by atoms with Crippen molar-refractivity contribution in [3.8, 4) is 5.75 Å². The van der Waals surface area contributed by atoms with Gasteiger partial charge >= 0.3 is 0 Å². The molecule has 2 rings (SSSR count).